The summed E-state index contributed by atoms with van der Waals surface area (Å²) in [6.07, 6.45) is 3.74. The van der Waals surface area contributed by atoms with Crippen LogP contribution in [0.2, 0.25) is 0 Å². The van der Waals surface area contributed by atoms with Crippen LogP contribution >= 0.6 is 0 Å². The van der Waals surface area contributed by atoms with E-state index in [1.807, 2.05) is 4.72 Å². The number of nitro groups is 2. The summed E-state index contributed by atoms with van der Waals surface area (Å²) in [5.74, 6) is -0.901. The molecule has 0 spiro atoms. The Labute approximate surface area is 183 Å². The zero-order chi connectivity index (χ0) is 23.4. The highest BCUT2D eigenvalue weighted by Gasteiger charge is 2.57. The standard InChI is InChI=1S/C19H22N4O8S/c24-18(15-4-2-1-3-5-15)21-32(29,30)16-6-9-19(23(27)28,17(12-16)22(25)26)20-13-14-7-10-31-11-8-14/h1-6,9,12,14,17,20H,7-8,10-11,13H2,(H,21,24). The number of hydrogen-bond donors (Lipinski definition) is 2. The molecule has 1 saturated heterocycles. The third kappa shape index (κ3) is 5.00. The lowest BCUT2D eigenvalue weighted by Gasteiger charge is -2.30. The Hall–Kier alpha value is -3.16. The van der Waals surface area contributed by atoms with Crippen LogP contribution < -0.4 is 10.0 Å². The molecule has 1 aromatic rings. The van der Waals surface area contributed by atoms with Crippen LogP contribution in [-0.2, 0) is 14.8 Å². The van der Waals surface area contributed by atoms with E-state index in [-0.39, 0.29) is 18.0 Å². The molecule has 1 amide bonds. The maximum Gasteiger partial charge on any atom is 0.364 e. The van der Waals surface area contributed by atoms with Gasteiger partial charge in [0, 0.05) is 42.4 Å². The summed E-state index contributed by atoms with van der Waals surface area (Å²) >= 11 is 0. The first-order chi connectivity index (χ1) is 15.2. The molecule has 1 aromatic carbocycles. The summed E-state index contributed by atoms with van der Waals surface area (Å²) in [6, 6.07) is 5.51. The largest absolute Gasteiger partial charge is 0.381 e. The van der Waals surface area contributed by atoms with Gasteiger partial charge >= 0.3 is 11.7 Å². The Bertz CT molecular complexity index is 1050. The maximum atomic E-state index is 12.6. The number of carbonyl (C=O) groups is 1. The zero-order valence-electron chi connectivity index (χ0n) is 16.9. The Morgan fingerprint density at radius 2 is 1.81 bits per heavy atom. The van der Waals surface area contributed by atoms with E-state index < -0.39 is 42.4 Å². The quantitative estimate of drug-likeness (QED) is 0.320. The van der Waals surface area contributed by atoms with E-state index in [4.69, 9.17) is 4.74 Å². The molecule has 0 saturated carbocycles. The Kier molecular flexibility index (Phi) is 7.01. The molecule has 13 heteroatoms. The average Bonchev–Trinajstić information content (AvgIpc) is 2.78. The van der Waals surface area contributed by atoms with Gasteiger partial charge in [-0.15, -0.1) is 0 Å². The van der Waals surface area contributed by atoms with Gasteiger partial charge in [-0.05, 0) is 37.0 Å². The van der Waals surface area contributed by atoms with Gasteiger partial charge in [0.15, 0.2) is 0 Å². The van der Waals surface area contributed by atoms with E-state index in [1.165, 1.54) is 12.1 Å². The molecule has 0 aromatic heterocycles. The van der Waals surface area contributed by atoms with Gasteiger partial charge in [-0.1, -0.05) is 18.2 Å². The van der Waals surface area contributed by atoms with E-state index >= 15 is 0 Å². The lowest BCUT2D eigenvalue weighted by molar-refractivity contribution is -0.640. The molecule has 0 bridgehead atoms. The van der Waals surface area contributed by atoms with Crippen LogP contribution in [0.25, 0.3) is 0 Å². The topological polar surface area (TPSA) is 171 Å². The van der Waals surface area contributed by atoms with E-state index in [9.17, 15) is 33.4 Å². The first-order valence-electron chi connectivity index (χ1n) is 9.80. The molecule has 2 aliphatic rings. The van der Waals surface area contributed by atoms with Crippen molar-refractivity contribution in [2.75, 3.05) is 19.8 Å². The molecule has 2 atom stereocenters. The first-order valence-corrected chi connectivity index (χ1v) is 11.3. The molecular weight excluding hydrogens is 444 g/mol. The fourth-order valence-electron chi connectivity index (χ4n) is 3.53. The molecule has 1 fully saturated rings. The summed E-state index contributed by atoms with van der Waals surface area (Å²) in [4.78, 5) is 33.5. The van der Waals surface area contributed by atoms with Gasteiger partial charge in [0.05, 0.1) is 9.83 Å². The van der Waals surface area contributed by atoms with Gasteiger partial charge in [0.2, 0.25) is 0 Å². The third-order valence-corrected chi connectivity index (χ3v) is 6.74. The Balaban J connectivity index is 1.84. The van der Waals surface area contributed by atoms with Crippen LogP contribution in [0.1, 0.15) is 23.2 Å². The summed E-state index contributed by atoms with van der Waals surface area (Å²) in [5, 5.41) is 26.3. The first kappa shape index (κ1) is 23.5. The molecule has 2 unspecified atom stereocenters. The normalized spacial score (nSPS) is 23.9. The van der Waals surface area contributed by atoms with E-state index in [0.29, 0.717) is 32.1 Å². The van der Waals surface area contributed by atoms with Gasteiger partial charge in [0.25, 0.3) is 15.9 Å². The van der Waals surface area contributed by atoms with E-state index in [0.717, 1.165) is 12.2 Å². The van der Waals surface area contributed by atoms with Crippen molar-refractivity contribution in [1.29, 1.82) is 0 Å². The van der Waals surface area contributed by atoms with Crippen molar-refractivity contribution >= 4 is 15.9 Å². The number of rotatable bonds is 8. The second kappa shape index (κ2) is 9.54. The van der Waals surface area contributed by atoms with Gasteiger partial charge in [-0.3, -0.25) is 25.0 Å². The molecule has 3 rings (SSSR count). The lowest BCUT2D eigenvalue weighted by Crippen LogP contribution is -2.62. The van der Waals surface area contributed by atoms with Crippen molar-refractivity contribution in [3.8, 4) is 0 Å². The molecule has 1 aliphatic heterocycles. The molecule has 1 heterocycles. The highest BCUT2D eigenvalue weighted by Crippen LogP contribution is 2.28. The van der Waals surface area contributed by atoms with Crippen molar-refractivity contribution in [2.24, 2.45) is 5.92 Å². The highest BCUT2D eigenvalue weighted by molar-refractivity contribution is 7.94. The van der Waals surface area contributed by atoms with Gasteiger partial charge in [0.1, 0.15) is 0 Å². The van der Waals surface area contributed by atoms with Crippen LogP contribution in [0, 0.1) is 26.1 Å². The SMILES string of the molecule is O=C(NS(=O)(=O)C1=CC([N+](=O)[O-])C(NCC2CCOCC2)([N+](=O)[O-])C=C1)c1ccccc1. The number of carbonyl (C=O) groups excluding carboxylic acids is 1. The predicted octanol–water partition coefficient (Wildman–Crippen LogP) is 0.834. The summed E-state index contributed by atoms with van der Waals surface area (Å²) in [5.41, 5.74) is -2.26. The smallest absolute Gasteiger partial charge is 0.364 e. The molecular formula is C19H22N4O8S. The second-order valence-electron chi connectivity index (χ2n) is 7.45. The summed E-state index contributed by atoms with van der Waals surface area (Å²) in [7, 11) is -4.51. The highest BCUT2D eigenvalue weighted by atomic mass is 32.2. The molecule has 32 heavy (non-hydrogen) atoms. The minimum Gasteiger partial charge on any atom is -0.381 e. The van der Waals surface area contributed by atoms with Crippen LogP contribution in [0.5, 0.6) is 0 Å². The van der Waals surface area contributed by atoms with E-state index in [1.54, 1.807) is 18.2 Å². The summed E-state index contributed by atoms with van der Waals surface area (Å²) in [6.45, 7) is 1.12. The number of ether oxygens (including phenoxy) is 1. The van der Waals surface area contributed by atoms with Crippen LogP contribution in [0.15, 0.2) is 53.5 Å². The van der Waals surface area contributed by atoms with Crippen molar-refractivity contribution in [3.05, 3.63) is 79.3 Å². The Morgan fingerprint density at radius 1 is 1.16 bits per heavy atom. The fourth-order valence-corrected chi connectivity index (χ4v) is 4.57. The van der Waals surface area contributed by atoms with Crippen molar-refractivity contribution in [1.82, 2.24) is 10.0 Å². The lowest BCUT2D eigenvalue weighted by atomic mass is 9.93. The number of benzene rings is 1. The number of hydrogen-bond acceptors (Lipinski definition) is 9. The minimum absolute atomic E-state index is 0.0284. The van der Waals surface area contributed by atoms with Crippen molar-refractivity contribution < 1.29 is 27.8 Å². The minimum atomic E-state index is -4.51. The third-order valence-electron chi connectivity index (χ3n) is 5.39. The average molecular weight is 466 g/mol. The summed E-state index contributed by atoms with van der Waals surface area (Å²) < 4.78 is 32.4. The molecule has 2 N–H and O–H groups in total. The zero-order valence-corrected chi connectivity index (χ0v) is 17.7. The van der Waals surface area contributed by atoms with Gasteiger partial charge in [-0.25, -0.2) is 18.5 Å². The van der Waals surface area contributed by atoms with Crippen molar-refractivity contribution in [2.45, 2.75) is 24.5 Å². The van der Waals surface area contributed by atoms with E-state index in [2.05, 4.69) is 5.32 Å². The number of amides is 1. The predicted molar refractivity (Wildman–Crippen MR) is 112 cm³/mol. The number of sulfonamides is 1. The van der Waals surface area contributed by atoms with Crippen LogP contribution in [0.3, 0.4) is 0 Å². The van der Waals surface area contributed by atoms with Crippen molar-refractivity contribution in [3.63, 3.8) is 0 Å². The van der Waals surface area contributed by atoms with Crippen LogP contribution in [0.4, 0.5) is 0 Å². The molecule has 0 radical (unpaired) electrons. The fraction of sp³-hybridized carbons (Fsp3) is 0.421. The molecule has 12 nitrogen and oxygen atoms in total. The van der Waals surface area contributed by atoms with Gasteiger partial charge in [-0.2, -0.15) is 0 Å². The number of allylic oxidation sites excluding steroid dienone is 1. The molecule has 172 valence electrons. The Morgan fingerprint density at radius 3 is 2.41 bits per heavy atom. The van der Waals surface area contributed by atoms with Gasteiger partial charge < -0.3 is 4.74 Å². The number of nitrogens with zero attached hydrogens (tertiary/aromatic N) is 2. The number of nitrogens with one attached hydrogen (secondary N) is 2. The molecule has 1 aliphatic carbocycles. The maximum absolute atomic E-state index is 12.6. The monoisotopic (exact) mass is 466 g/mol. The van der Waals surface area contributed by atoms with Crippen LogP contribution in [-0.4, -0.2) is 55.6 Å². The second-order valence-corrected chi connectivity index (χ2v) is 9.13.